The number of aliphatic hydroxyl groups excluding tert-OH is 1. The van der Waals surface area contributed by atoms with Gasteiger partial charge in [0.15, 0.2) is 0 Å². The predicted molar refractivity (Wildman–Crippen MR) is 92.5 cm³/mol. The molecule has 8 nitrogen and oxygen atoms in total. The zero-order chi connectivity index (χ0) is 20.5. The van der Waals surface area contributed by atoms with Crippen LogP contribution in [0.15, 0.2) is 25.7 Å². The van der Waals surface area contributed by atoms with Crippen LogP contribution in [0.1, 0.15) is 41.0 Å². The fourth-order valence-electron chi connectivity index (χ4n) is 0.983. The average Bonchev–Trinajstić information content (AvgIpc) is 2.44. The number of carboxylic acids is 1. The van der Waals surface area contributed by atoms with E-state index in [0.717, 1.165) is 13.2 Å². The van der Waals surface area contributed by atoms with Gasteiger partial charge < -0.3 is 24.4 Å². The summed E-state index contributed by atoms with van der Waals surface area (Å²) in [5.74, 6) is -1.46. The Morgan fingerprint density at radius 2 is 1.60 bits per heavy atom. The maximum absolute atomic E-state index is 10.8. The van der Waals surface area contributed by atoms with E-state index < -0.39 is 11.4 Å². The SMILES string of the molecule is C=COC(=O)C(C)(C)C.C=COCC(CCO)OC(C)=O.CC(=O)O. The molecule has 0 heterocycles. The minimum atomic E-state index is -0.833. The van der Waals surface area contributed by atoms with Gasteiger partial charge in [-0.15, -0.1) is 0 Å². The molecule has 1 atom stereocenters. The van der Waals surface area contributed by atoms with E-state index in [1.165, 1.54) is 13.2 Å². The molecule has 8 heteroatoms. The number of rotatable bonds is 7. The number of hydrogen-bond acceptors (Lipinski definition) is 7. The van der Waals surface area contributed by atoms with Gasteiger partial charge in [0.2, 0.25) is 0 Å². The second-order valence-electron chi connectivity index (χ2n) is 5.58. The topological polar surface area (TPSA) is 119 Å². The van der Waals surface area contributed by atoms with Crippen molar-refractivity contribution in [3.8, 4) is 0 Å². The number of ether oxygens (including phenoxy) is 3. The Bertz CT molecular complexity index is 405. The van der Waals surface area contributed by atoms with Gasteiger partial charge in [-0.3, -0.25) is 14.4 Å². The normalized spacial score (nSPS) is 10.5. The molecule has 146 valence electrons. The molecule has 0 aromatic carbocycles. The van der Waals surface area contributed by atoms with Gasteiger partial charge in [-0.25, -0.2) is 0 Å². The van der Waals surface area contributed by atoms with Crippen molar-refractivity contribution in [2.75, 3.05) is 13.2 Å². The van der Waals surface area contributed by atoms with E-state index in [1.807, 2.05) is 0 Å². The molecule has 0 bridgehead atoms. The molecular weight excluding hydrogens is 332 g/mol. The summed E-state index contributed by atoms with van der Waals surface area (Å²) in [4.78, 5) is 30.3. The number of carbonyl (C=O) groups is 3. The summed E-state index contributed by atoms with van der Waals surface area (Å²) in [6, 6.07) is 0. The lowest BCUT2D eigenvalue weighted by molar-refractivity contribution is -0.149. The minimum Gasteiger partial charge on any atom is -0.498 e. The molecule has 0 spiro atoms. The van der Waals surface area contributed by atoms with E-state index in [4.69, 9.17) is 24.5 Å². The van der Waals surface area contributed by atoms with Crippen LogP contribution in [-0.4, -0.2) is 47.4 Å². The van der Waals surface area contributed by atoms with E-state index in [-0.39, 0.29) is 31.3 Å². The highest BCUT2D eigenvalue weighted by atomic mass is 16.6. The third-order valence-corrected chi connectivity index (χ3v) is 1.99. The van der Waals surface area contributed by atoms with Crippen LogP contribution in [0.3, 0.4) is 0 Å². The van der Waals surface area contributed by atoms with Crippen molar-refractivity contribution >= 4 is 17.9 Å². The molecule has 1 unspecified atom stereocenters. The minimum absolute atomic E-state index is 0.0293. The Morgan fingerprint density at radius 1 is 1.12 bits per heavy atom. The quantitative estimate of drug-likeness (QED) is 0.523. The molecule has 0 aliphatic rings. The molecule has 0 saturated carbocycles. The van der Waals surface area contributed by atoms with Crippen molar-refractivity contribution < 1.29 is 38.8 Å². The Hall–Kier alpha value is -2.35. The first-order valence-electron chi connectivity index (χ1n) is 7.44. The Balaban J connectivity index is -0.000000328. The summed E-state index contributed by atoms with van der Waals surface area (Å²) in [5, 5.41) is 16.0. The largest absolute Gasteiger partial charge is 0.498 e. The lowest BCUT2D eigenvalue weighted by atomic mass is 9.98. The van der Waals surface area contributed by atoms with Crippen molar-refractivity contribution in [1.82, 2.24) is 0 Å². The van der Waals surface area contributed by atoms with Crippen molar-refractivity contribution in [1.29, 1.82) is 0 Å². The van der Waals surface area contributed by atoms with Gasteiger partial charge in [0, 0.05) is 26.9 Å². The van der Waals surface area contributed by atoms with Crippen molar-refractivity contribution in [3.05, 3.63) is 25.7 Å². The fourth-order valence-corrected chi connectivity index (χ4v) is 0.983. The Morgan fingerprint density at radius 3 is 1.84 bits per heavy atom. The Labute approximate surface area is 149 Å². The first kappa shape index (κ1) is 27.5. The lowest BCUT2D eigenvalue weighted by Crippen LogP contribution is -2.22. The number of aliphatic carboxylic acids is 1. The van der Waals surface area contributed by atoms with Crippen molar-refractivity contribution in [3.63, 3.8) is 0 Å². The Kier molecular flexibility index (Phi) is 18.2. The van der Waals surface area contributed by atoms with Crippen LogP contribution < -0.4 is 0 Å². The van der Waals surface area contributed by atoms with Crippen LogP contribution >= 0.6 is 0 Å². The zero-order valence-corrected chi connectivity index (χ0v) is 15.6. The number of carboxylic acid groups (broad SMARTS) is 1. The van der Waals surface area contributed by atoms with Crippen LogP contribution in [0, 0.1) is 5.41 Å². The van der Waals surface area contributed by atoms with E-state index in [9.17, 15) is 9.59 Å². The van der Waals surface area contributed by atoms with Crippen molar-refractivity contribution in [2.24, 2.45) is 5.41 Å². The van der Waals surface area contributed by atoms with Crippen LogP contribution in [0.4, 0.5) is 0 Å². The second-order valence-corrected chi connectivity index (χ2v) is 5.58. The van der Waals surface area contributed by atoms with Gasteiger partial charge in [0.1, 0.15) is 12.7 Å². The third-order valence-electron chi connectivity index (χ3n) is 1.99. The maximum Gasteiger partial charge on any atom is 0.316 e. The fraction of sp³-hybridized carbons (Fsp3) is 0.588. The molecule has 25 heavy (non-hydrogen) atoms. The van der Waals surface area contributed by atoms with E-state index in [1.54, 1.807) is 20.8 Å². The average molecular weight is 362 g/mol. The molecule has 0 aromatic heterocycles. The van der Waals surface area contributed by atoms with Gasteiger partial charge >= 0.3 is 11.9 Å². The molecule has 0 rings (SSSR count). The van der Waals surface area contributed by atoms with Crippen LogP contribution in [0.2, 0.25) is 0 Å². The summed E-state index contributed by atoms with van der Waals surface area (Å²) < 4.78 is 14.2. The third kappa shape index (κ3) is 26.8. The van der Waals surface area contributed by atoms with E-state index >= 15 is 0 Å². The van der Waals surface area contributed by atoms with Gasteiger partial charge in [-0.2, -0.15) is 0 Å². The van der Waals surface area contributed by atoms with Crippen LogP contribution in [0.25, 0.3) is 0 Å². The molecule has 0 saturated heterocycles. The summed E-state index contributed by atoms with van der Waals surface area (Å²) in [6.45, 7) is 14.6. The predicted octanol–water partition coefficient (Wildman–Crippen LogP) is 2.27. The number of aliphatic hydroxyl groups is 1. The number of esters is 2. The van der Waals surface area contributed by atoms with Crippen LogP contribution in [0.5, 0.6) is 0 Å². The summed E-state index contributed by atoms with van der Waals surface area (Å²) >= 11 is 0. The first-order valence-corrected chi connectivity index (χ1v) is 7.44. The van der Waals surface area contributed by atoms with Crippen LogP contribution in [-0.2, 0) is 28.6 Å². The second kappa shape index (κ2) is 16.5. The molecular formula is C17H30O8. The molecule has 0 aromatic rings. The molecule has 0 aliphatic carbocycles. The number of hydrogen-bond donors (Lipinski definition) is 2. The zero-order valence-electron chi connectivity index (χ0n) is 15.6. The summed E-state index contributed by atoms with van der Waals surface area (Å²) in [7, 11) is 0. The first-order chi connectivity index (χ1) is 11.4. The molecule has 0 fully saturated rings. The van der Waals surface area contributed by atoms with Crippen molar-refractivity contribution in [2.45, 2.75) is 47.1 Å². The maximum atomic E-state index is 10.8. The van der Waals surface area contributed by atoms with Gasteiger partial charge in [0.05, 0.1) is 17.9 Å². The number of carbonyl (C=O) groups excluding carboxylic acids is 2. The molecule has 0 radical (unpaired) electrons. The summed E-state index contributed by atoms with van der Waals surface area (Å²) in [5.41, 5.74) is -0.422. The van der Waals surface area contributed by atoms with Gasteiger partial charge in [0.25, 0.3) is 5.97 Å². The summed E-state index contributed by atoms with van der Waals surface area (Å²) in [6.07, 6.45) is 2.42. The van der Waals surface area contributed by atoms with Gasteiger partial charge in [-0.1, -0.05) is 13.2 Å². The molecule has 0 aliphatic heterocycles. The lowest BCUT2D eigenvalue weighted by Gasteiger charge is -2.14. The molecule has 0 amide bonds. The molecule has 2 N–H and O–H groups in total. The standard InChI is InChI=1S/C8H14O4.C7H12O2.C2H4O2/c1-3-11-6-8(4-5-9)12-7(2)10;1-5-9-6(8)7(2,3)4;1-2(3)4/h3,8-9H,1,4-6H2,2H3;5H,1H2,2-4H3;1H3,(H,3,4). The van der Waals surface area contributed by atoms with E-state index in [2.05, 4.69) is 17.9 Å². The highest BCUT2D eigenvalue weighted by molar-refractivity contribution is 5.75. The van der Waals surface area contributed by atoms with Gasteiger partial charge in [-0.05, 0) is 20.8 Å². The highest BCUT2D eigenvalue weighted by Gasteiger charge is 2.21. The smallest absolute Gasteiger partial charge is 0.316 e. The highest BCUT2D eigenvalue weighted by Crippen LogP contribution is 2.14. The monoisotopic (exact) mass is 362 g/mol. The van der Waals surface area contributed by atoms with E-state index in [0.29, 0.717) is 6.42 Å².